The average Bonchev–Trinajstić information content (AvgIpc) is 2.85. The number of para-hydroxylation sites is 2. The molecule has 1 heterocycles. The van der Waals surface area contributed by atoms with E-state index < -0.39 is 6.04 Å². The van der Waals surface area contributed by atoms with Crippen LogP contribution in [0.1, 0.15) is 22.8 Å². The molecule has 34 heavy (non-hydrogen) atoms. The molecule has 0 saturated carbocycles. The summed E-state index contributed by atoms with van der Waals surface area (Å²) in [5.74, 6) is 0.147. The first-order valence-electron chi connectivity index (χ1n) is 11.1. The quantitative estimate of drug-likeness (QED) is 0.442. The highest BCUT2D eigenvalue weighted by molar-refractivity contribution is 7.94. The summed E-state index contributed by atoms with van der Waals surface area (Å²) in [7, 11) is 0. The van der Waals surface area contributed by atoms with Crippen LogP contribution in [0.25, 0.3) is 0 Å². The molecule has 1 aliphatic rings. The van der Waals surface area contributed by atoms with Crippen molar-refractivity contribution in [2.45, 2.75) is 25.5 Å². The molecule has 3 N–H and O–H groups in total. The average molecular weight is 478 g/mol. The lowest BCUT2D eigenvalue weighted by Crippen LogP contribution is -2.45. The van der Waals surface area contributed by atoms with E-state index in [4.69, 9.17) is 4.18 Å². The summed E-state index contributed by atoms with van der Waals surface area (Å²) >= 11 is 1.38. The first kappa shape index (κ1) is 23.7. The van der Waals surface area contributed by atoms with Crippen LogP contribution in [0.3, 0.4) is 0 Å². The van der Waals surface area contributed by atoms with Gasteiger partial charge in [0.2, 0.25) is 5.91 Å². The van der Waals surface area contributed by atoms with Gasteiger partial charge < -0.3 is 24.8 Å². The molecule has 8 heteroatoms. The van der Waals surface area contributed by atoms with E-state index in [-0.39, 0.29) is 30.1 Å². The fourth-order valence-electron chi connectivity index (χ4n) is 3.75. The second kappa shape index (κ2) is 11.1. The lowest BCUT2D eigenvalue weighted by atomic mass is 10.0. The molecule has 7 nitrogen and oxygen atoms in total. The van der Waals surface area contributed by atoms with Crippen LogP contribution in [0.2, 0.25) is 0 Å². The lowest BCUT2D eigenvalue weighted by molar-refractivity contribution is -0.118. The maximum atomic E-state index is 13.4. The SMILES string of the molecule is CC1CN(c2ccccc2NC(=O)C(Cc2ccc(O)cc2)NC(=O)c2ccccc2)CSO1. The zero-order chi connectivity index (χ0) is 23.9. The molecule has 1 aliphatic heterocycles. The largest absolute Gasteiger partial charge is 0.508 e. The predicted octanol–water partition coefficient (Wildman–Crippen LogP) is 4.20. The monoisotopic (exact) mass is 477 g/mol. The number of benzene rings is 3. The van der Waals surface area contributed by atoms with Gasteiger partial charge >= 0.3 is 0 Å². The van der Waals surface area contributed by atoms with Gasteiger partial charge in [0, 0.05) is 30.6 Å². The normalized spacial score (nSPS) is 16.5. The number of carbonyl (C=O) groups is 2. The fourth-order valence-corrected chi connectivity index (χ4v) is 4.48. The highest BCUT2D eigenvalue weighted by Gasteiger charge is 2.25. The molecule has 3 aromatic carbocycles. The number of rotatable bonds is 7. The number of nitrogens with one attached hydrogen (secondary N) is 2. The Morgan fingerprint density at radius 2 is 1.76 bits per heavy atom. The summed E-state index contributed by atoms with van der Waals surface area (Å²) in [6.45, 7) is 2.72. The minimum Gasteiger partial charge on any atom is -0.508 e. The lowest BCUT2D eigenvalue weighted by Gasteiger charge is -2.33. The number of nitrogens with zero attached hydrogens (tertiary/aromatic N) is 1. The second-order valence-electron chi connectivity index (χ2n) is 8.15. The molecule has 0 aliphatic carbocycles. The van der Waals surface area contributed by atoms with Gasteiger partial charge in [-0.2, -0.15) is 0 Å². The van der Waals surface area contributed by atoms with Crippen LogP contribution in [-0.4, -0.2) is 41.5 Å². The topological polar surface area (TPSA) is 90.9 Å². The maximum Gasteiger partial charge on any atom is 0.251 e. The Kier molecular flexibility index (Phi) is 7.72. The Balaban J connectivity index is 1.55. The van der Waals surface area contributed by atoms with Crippen LogP contribution in [-0.2, 0) is 15.4 Å². The zero-order valence-electron chi connectivity index (χ0n) is 18.8. The highest BCUT2D eigenvalue weighted by atomic mass is 32.2. The molecule has 2 amide bonds. The summed E-state index contributed by atoms with van der Waals surface area (Å²) < 4.78 is 5.57. The van der Waals surface area contributed by atoms with Crippen molar-refractivity contribution in [1.29, 1.82) is 0 Å². The molecule has 1 saturated heterocycles. The van der Waals surface area contributed by atoms with Gasteiger partial charge in [0.15, 0.2) is 0 Å². The summed E-state index contributed by atoms with van der Waals surface area (Å²) in [5.41, 5.74) is 2.87. The van der Waals surface area contributed by atoms with Crippen LogP contribution in [0, 0.1) is 0 Å². The van der Waals surface area contributed by atoms with E-state index in [1.165, 1.54) is 12.0 Å². The summed E-state index contributed by atoms with van der Waals surface area (Å²) in [6.07, 6.45) is 0.340. The molecular weight excluding hydrogens is 450 g/mol. The third kappa shape index (κ3) is 6.09. The van der Waals surface area contributed by atoms with E-state index in [9.17, 15) is 14.7 Å². The van der Waals surface area contributed by atoms with Crippen molar-refractivity contribution < 1.29 is 18.9 Å². The Labute approximate surface area is 203 Å². The Morgan fingerprint density at radius 3 is 2.50 bits per heavy atom. The Hall–Kier alpha value is -3.49. The van der Waals surface area contributed by atoms with Crippen molar-refractivity contribution in [2.75, 3.05) is 22.6 Å². The first-order chi connectivity index (χ1) is 16.5. The van der Waals surface area contributed by atoms with Crippen LogP contribution in [0.5, 0.6) is 5.75 Å². The van der Waals surface area contributed by atoms with Gasteiger partial charge in [-0.25, -0.2) is 0 Å². The van der Waals surface area contributed by atoms with E-state index in [1.807, 2.05) is 37.3 Å². The van der Waals surface area contributed by atoms with Crippen molar-refractivity contribution in [3.8, 4) is 5.75 Å². The van der Waals surface area contributed by atoms with Crippen molar-refractivity contribution in [2.24, 2.45) is 0 Å². The number of hydrogen-bond acceptors (Lipinski definition) is 6. The fraction of sp³-hybridized carbons (Fsp3) is 0.231. The summed E-state index contributed by atoms with van der Waals surface area (Å²) in [6, 6.07) is 22.2. The van der Waals surface area contributed by atoms with Gasteiger partial charge in [0.1, 0.15) is 11.8 Å². The molecule has 0 spiro atoms. The molecule has 1 fully saturated rings. The number of phenolic OH excluding ortho intramolecular Hbond substituents is 1. The van der Waals surface area contributed by atoms with Crippen LogP contribution >= 0.6 is 12.0 Å². The standard InChI is InChI=1S/C26H27N3O4S/c1-18-16-29(17-34-33-18)24-10-6-5-9-22(24)27-26(32)23(15-19-11-13-21(30)14-12-19)28-25(31)20-7-3-2-4-8-20/h2-14,18,23,30H,15-17H2,1H3,(H,27,32)(H,28,31). The molecule has 0 bridgehead atoms. The second-order valence-corrected chi connectivity index (χ2v) is 8.83. The molecule has 2 unspecified atom stereocenters. The van der Waals surface area contributed by atoms with Crippen molar-refractivity contribution >= 4 is 35.2 Å². The number of phenols is 1. The molecular formula is C26H27N3O4S. The number of aromatic hydroxyl groups is 1. The van der Waals surface area contributed by atoms with E-state index in [2.05, 4.69) is 15.5 Å². The third-order valence-electron chi connectivity index (χ3n) is 5.45. The third-order valence-corrected chi connectivity index (χ3v) is 6.34. The summed E-state index contributed by atoms with van der Waals surface area (Å²) in [4.78, 5) is 28.4. The number of amides is 2. The highest BCUT2D eigenvalue weighted by Crippen LogP contribution is 2.30. The van der Waals surface area contributed by atoms with Crippen LogP contribution in [0.4, 0.5) is 11.4 Å². The minimum atomic E-state index is -0.816. The van der Waals surface area contributed by atoms with Gasteiger partial charge in [0.05, 0.1) is 23.4 Å². The van der Waals surface area contributed by atoms with Gasteiger partial charge in [0.25, 0.3) is 5.91 Å². The van der Waals surface area contributed by atoms with E-state index in [0.717, 1.165) is 11.3 Å². The maximum absolute atomic E-state index is 13.4. The van der Waals surface area contributed by atoms with E-state index >= 15 is 0 Å². The molecule has 4 rings (SSSR count). The zero-order valence-corrected chi connectivity index (χ0v) is 19.6. The molecule has 0 radical (unpaired) electrons. The molecule has 0 aromatic heterocycles. The molecule has 176 valence electrons. The van der Waals surface area contributed by atoms with E-state index in [0.29, 0.717) is 23.7 Å². The Morgan fingerprint density at radius 1 is 1.06 bits per heavy atom. The van der Waals surface area contributed by atoms with Crippen LogP contribution < -0.4 is 15.5 Å². The molecule has 3 aromatic rings. The number of hydrogen-bond donors (Lipinski definition) is 3. The number of carbonyl (C=O) groups excluding carboxylic acids is 2. The predicted molar refractivity (Wildman–Crippen MR) is 135 cm³/mol. The van der Waals surface area contributed by atoms with Crippen LogP contribution in [0.15, 0.2) is 78.9 Å². The molecule has 2 atom stereocenters. The van der Waals surface area contributed by atoms with E-state index in [1.54, 1.807) is 48.5 Å². The minimum absolute atomic E-state index is 0.0647. The van der Waals surface area contributed by atoms with Gasteiger partial charge in [-0.15, -0.1) is 0 Å². The Bertz CT molecular complexity index is 1120. The van der Waals surface area contributed by atoms with Gasteiger partial charge in [-0.3, -0.25) is 9.59 Å². The smallest absolute Gasteiger partial charge is 0.251 e. The number of anilines is 2. The summed E-state index contributed by atoms with van der Waals surface area (Å²) in [5, 5.41) is 15.5. The van der Waals surface area contributed by atoms with Crippen molar-refractivity contribution in [3.63, 3.8) is 0 Å². The van der Waals surface area contributed by atoms with Gasteiger partial charge in [-0.05, 0) is 48.9 Å². The van der Waals surface area contributed by atoms with Crippen molar-refractivity contribution in [1.82, 2.24) is 5.32 Å². The van der Waals surface area contributed by atoms with Crippen molar-refractivity contribution in [3.05, 3.63) is 90.0 Å². The van der Waals surface area contributed by atoms with Gasteiger partial charge in [-0.1, -0.05) is 42.5 Å². The first-order valence-corrected chi connectivity index (χ1v) is 12.0.